The van der Waals surface area contributed by atoms with E-state index in [1.165, 1.54) is 0 Å². The molecule has 0 aromatic carbocycles. The first-order valence-corrected chi connectivity index (χ1v) is 8.29. The third-order valence-corrected chi connectivity index (χ3v) is 4.80. The van der Waals surface area contributed by atoms with E-state index in [1.807, 2.05) is 11.4 Å². The largest absolute Gasteiger partial charge is 0.372 e. The molecule has 2 rings (SSSR count). The van der Waals surface area contributed by atoms with E-state index in [2.05, 4.69) is 42.2 Å². The lowest BCUT2D eigenvalue weighted by Crippen LogP contribution is -2.26. The molecule has 2 heterocycles. The van der Waals surface area contributed by atoms with Crippen molar-refractivity contribution in [2.75, 3.05) is 19.4 Å². The minimum absolute atomic E-state index is 0.0623. The van der Waals surface area contributed by atoms with Crippen molar-refractivity contribution in [2.24, 2.45) is 0 Å². The molecule has 0 aliphatic carbocycles. The van der Waals surface area contributed by atoms with E-state index in [4.69, 9.17) is 0 Å². The lowest BCUT2D eigenvalue weighted by Gasteiger charge is -2.18. The summed E-state index contributed by atoms with van der Waals surface area (Å²) in [7, 11) is 3.54. The second kappa shape index (κ2) is 6.69. The summed E-state index contributed by atoms with van der Waals surface area (Å²) >= 11 is 8.39. The summed E-state index contributed by atoms with van der Waals surface area (Å²) in [5.41, 5.74) is 0.556. The number of aromatic nitrogens is 1. The average Bonchev–Trinajstić information content (AvgIpc) is 2.83. The molecule has 7 heteroatoms. The van der Waals surface area contributed by atoms with E-state index in [1.54, 1.807) is 42.6 Å². The molecule has 1 amide bonds. The van der Waals surface area contributed by atoms with Gasteiger partial charge in [-0.25, -0.2) is 4.98 Å². The monoisotopic (exact) mass is 417 g/mol. The van der Waals surface area contributed by atoms with Gasteiger partial charge in [-0.3, -0.25) is 4.79 Å². The summed E-state index contributed by atoms with van der Waals surface area (Å²) in [5.74, 6) is 0.519. The van der Waals surface area contributed by atoms with Gasteiger partial charge >= 0.3 is 0 Å². The zero-order valence-electron chi connectivity index (χ0n) is 11.0. The van der Waals surface area contributed by atoms with E-state index < -0.39 is 0 Å². The lowest BCUT2D eigenvalue weighted by molar-refractivity contribution is 0.0787. The highest BCUT2D eigenvalue weighted by Gasteiger charge is 2.17. The van der Waals surface area contributed by atoms with Gasteiger partial charge in [0.05, 0.1) is 12.1 Å². The summed E-state index contributed by atoms with van der Waals surface area (Å²) in [4.78, 5) is 19.5. The minimum atomic E-state index is -0.0623. The number of thiophene rings is 1. The Bertz CT molecular complexity index is 630. The molecule has 2 aromatic heterocycles. The summed E-state index contributed by atoms with van der Waals surface area (Å²) in [6.07, 6.45) is 1.67. The fraction of sp³-hybridized carbons (Fsp3) is 0.231. The number of rotatable bonds is 4. The van der Waals surface area contributed by atoms with Crippen LogP contribution in [-0.4, -0.2) is 29.9 Å². The van der Waals surface area contributed by atoms with E-state index in [9.17, 15) is 4.79 Å². The normalized spacial score (nSPS) is 10.4. The first-order chi connectivity index (χ1) is 9.51. The van der Waals surface area contributed by atoms with Gasteiger partial charge in [-0.15, -0.1) is 11.3 Å². The molecule has 0 radical (unpaired) electrons. The van der Waals surface area contributed by atoms with Crippen LogP contribution in [0.3, 0.4) is 0 Å². The smallest absolute Gasteiger partial charge is 0.257 e. The van der Waals surface area contributed by atoms with Crippen LogP contribution in [0.15, 0.2) is 32.7 Å². The van der Waals surface area contributed by atoms with Crippen LogP contribution in [0.1, 0.15) is 15.2 Å². The highest BCUT2D eigenvalue weighted by molar-refractivity contribution is 9.10. The quantitative estimate of drug-likeness (QED) is 0.816. The number of hydrogen-bond acceptors (Lipinski definition) is 4. The Balaban J connectivity index is 2.20. The second-order valence-electron chi connectivity index (χ2n) is 4.19. The minimum Gasteiger partial charge on any atom is -0.372 e. The molecule has 0 fully saturated rings. The van der Waals surface area contributed by atoms with Gasteiger partial charge in [-0.1, -0.05) is 0 Å². The Morgan fingerprint density at radius 3 is 2.75 bits per heavy atom. The van der Waals surface area contributed by atoms with Crippen LogP contribution in [0.4, 0.5) is 5.82 Å². The van der Waals surface area contributed by atoms with Crippen LogP contribution >= 0.6 is 43.2 Å². The van der Waals surface area contributed by atoms with Gasteiger partial charge in [0.15, 0.2) is 0 Å². The molecule has 0 aliphatic rings. The summed E-state index contributed by atoms with van der Waals surface area (Å²) < 4.78 is 1.82. The Morgan fingerprint density at radius 2 is 2.15 bits per heavy atom. The summed E-state index contributed by atoms with van der Waals surface area (Å²) in [5, 5.41) is 4.95. The predicted molar refractivity (Wildman–Crippen MR) is 89.3 cm³/mol. The molecule has 106 valence electrons. The molecule has 1 N–H and O–H groups in total. The molecule has 0 bridgehead atoms. The molecule has 4 nitrogen and oxygen atoms in total. The molecule has 0 spiro atoms. The van der Waals surface area contributed by atoms with Crippen LogP contribution in [0.25, 0.3) is 0 Å². The van der Waals surface area contributed by atoms with Crippen molar-refractivity contribution in [1.29, 1.82) is 0 Å². The summed E-state index contributed by atoms with van der Waals surface area (Å²) in [6.45, 7) is 0.574. The maximum absolute atomic E-state index is 12.5. The van der Waals surface area contributed by atoms with Gasteiger partial charge in [0, 0.05) is 39.5 Å². The van der Waals surface area contributed by atoms with Crippen molar-refractivity contribution in [1.82, 2.24) is 9.88 Å². The van der Waals surface area contributed by atoms with E-state index in [0.717, 1.165) is 13.8 Å². The second-order valence-corrected chi connectivity index (χ2v) is 7.02. The number of hydrogen-bond donors (Lipinski definition) is 1. The zero-order chi connectivity index (χ0) is 14.7. The maximum atomic E-state index is 12.5. The zero-order valence-corrected chi connectivity index (χ0v) is 15.0. The first kappa shape index (κ1) is 15.5. The van der Waals surface area contributed by atoms with Gasteiger partial charge in [0.25, 0.3) is 5.91 Å². The van der Waals surface area contributed by atoms with Crippen molar-refractivity contribution >= 4 is 54.9 Å². The number of amides is 1. The van der Waals surface area contributed by atoms with Crippen molar-refractivity contribution in [3.63, 3.8) is 0 Å². The van der Waals surface area contributed by atoms with E-state index >= 15 is 0 Å². The number of anilines is 1. The Morgan fingerprint density at radius 1 is 1.40 bits per heavy atom. The third-order valence-electron chi connectivity index (χ3n) is 2.68. The number of nitrogens with one attached hydrogen (secondary N) is 1. The highest BCUT2D eigenvalue weighted by atomic mass is 79.9. The molecule has 0 unspecified atom stereocenters. The molecule has 0 aliphatic heterocycles. The Hall–Kier alpha value is -0.920. The van der Waals surface area contributed by atoms with Gasteiger partial charge < -0.3 is 10.2 Å². The lowest BCUT2D eigenvalue weighted by atomic mass is 10.2. The van der Waals surface area contributed by atoms with Crippen LogP contribution < -0.4 is 5.32 Å². The van der Waals surface area contributed by atoms with E-state index in [-0.39, 0.29) is 5.91 Å². The van der Waals surface area contributed by atoms with Crippen molar-refractivity contribution in [3.8, 4) is 0 Å². The topological polar surface area (TPSA) is 45.2 Å². The number of carbonyl (C=O) groups excluding carboxylic acids is 1. The fourth-order valence-electron chi connectivity index (χ4n) is 1.75. The van der Waals surface area contributed by atoms with Gasteiger partial charge in [-0.2, -0.15) is 0 Å². The van der Waals surface area contributed by atoms with Crippen LogP contribution in [-0.2, 0) is 6.54 Å². The fourth-order valence-corrected chi connectivity index (χ4v) is 3.58. The standard InChI is InChI=1S/C13H13Br2N3OS/c1-16-12-11(4-8(14)5-17-12)13(19)18(2)6-10-3-9(15)7-20-10/h3-5,7H,6H2,1-2H3,(H,16,17). The van der Waals surface area contributed by atoms with Crippen molar-refractivity contribution in [2.45, 2.75) is 6.54 Å². The molecule has 0 saturated carbocycles. The SMILES string of the molecule is CNc1ncc(Br)cc1C(=O)N(C)Cc1cc(Br)cs1. The molecular formula is C13H13Br2N3OS. The number of pyridine rings is 1. The number of halogens is 2. The highest BCUT2D eigenvalue weighted by Crippen LogP contribution is 2.23. The maximum Gasteiger partial charge on any atom is 0.257 e. The van der Waals surface area contributed by atoms with Gasteiger partial charge in [0.2, 0.25) is 0 Å². The van der Waals surface area contributed by atoms with Crippen molar-refractivity contribution in [3.05, 3.63) is 43.1 Å². The third kappa shape index (κ3) is 3.59. The predicted octanol–water partition coefficient (Wildman–Crippen LogP) is 3.98. The van der Waals surface area contributed by atoms with Gasteiger partial charge in [-0.05, 0) is 44.0 Å². The molecule has 0 saturated heterocycles. The molecule has 0 atom stereocenters. The number of nitrogens with zero attached hydrogens (tertiary/aromatic N) is 2. The van der Waals surface area contributed by atoms with Crippen LogP contribution in [0, 0.1) is 0 Å². The Labute approximate surface area is 138 Å². The average molecular weight is 419 g/mol. The molecule has 2 aromatic rings. The van der Waals surface area contributed by atoms with E-state index in [0.29, 0.717) is 17.9 Å². The van der Waals surface area contributed by atoms with Crippen molar-refractivity contribution < 1.29 is 4.79 Å². The first-order valence-electron chi connectivity index (χ1n) is 5.83. The summed E-state index contributed by atoms with van der Waals surface area (Å²) in [6, 6.07) is 3.80. The molecule has 20 heavy (non-hydrogen) atoms. The van der Waals surface area contributed by atoms with Crippen LogP contribution in [0.2, 0.25) is 0 Å². The van der Waals surface area contributed by atoms with Gasteiger partial charge in [0.1, 0.15) is 5.82 Å². The Kier molecular flexibility index (Phi) is 5.17. The molecular weight excluding hydrogens is 406 g/mol. The number of carbonyl (C=O) groups is 1. The van der Waals surface area contributed by atoms with Crippen LogP contribution in [0.5, 0.6) is 0 Å².